The molecule has 2 amide bonds. The summed E-state index contributed by atoms with van der Waals surface area (Å²) < 4.78 is 0. The van der Waals surface area contributed by atoms with E-state index >= 15 is 0 Å². The third-order valence-electron chi connectivity index (χ3n) is 4.13. The topological polar surface area (TPSA) is 49.4 Å². The van der Waals surface area contributed by atoms with Gasteiger partial charge >= 0.3 is 0 Å². The fourth-order valence-electron chi connectivity index (χ4n) is 2.78. The predicted molar refractivity (Wildman–Crippen MR) is 97.0 cm³/mol. The molecule has 0 saturated heterocycles. The number of anilines is 1. The number of hydrogen-bond donors (Lipinski definition) is 1. The van der Waals surface area contributed by atoms with Gasteiger partial charge < -0.3 is 10.2 Å². The molecule has 0 aliphatic rings. The minimum Gasteiger partial charge on any atom is -0.350 e. The standard InChI is InChI=1S/C20H24N2O2/c1-14-8-5-6-11-18(14)12-21-19(24)13-22(17(4)23)20-15(2)9-7-10-16(20)3/h5-11H,12-13H2,1-4H3,(H,21,24). The summed E-state index contributed by atoms with van der Waals surface area (Å²) in [7, 11) is 0. The number of aryl methyl sites for hydroxylation is 3. The molecule has 0 fully saturated rings. The van der Waals surface area contributed by atoms with Crippen molar-refractivity contribution >= 4 is 17.5 Å². The van der Waals surface area contributed by atoms with Crippen molar-refractivity contribution in [2.24, 2.45) is 0 Å². The SMILES string of the molecule is CC(=O)N(CC(=O)NCc1ccccc1C)c1c(C)cccc1C. The third-order valence-corrected chi connectivity index (χ3v) is 4.13. The first-order valence-corrected chi connectivity index (χ1v) is 8.05. The number of para-hydroxylation sites is 1. The summed E-state index contributed by atoms with van der Waals surface area (Å²) >= 11 is 0. The first-order chi connectivity index (χ1) is 11.4. The van der Waals surface area contributed by atoms with Gasteiger partial charge in [-0.2, -0.15) is 0 Å². The van der Waals surface area contributed by atoms with Crippen LogP contribution in [-0.4, -0.2) is 18.4 Å². The van der Waals surface area contributed by atoms with Gasteiger partial charge in [-0.05, 0) is 43.0 Å². The Hall–Kier alpha value is -2.62. The molecule has 4 heteroatoms. The van der Waals surface area contributed by atoms with Crippen LogP contribution >= 0.6 is 0 Å². The van der Waals surface area contributed by atoms with Gasteiger partial charge in [-0.25, -0.2) is 0 Å². The lowest BCUT2D eigenvalue weighted by atomic mass is 10.1. The highest BCUT2D eigenvalue weighted by Gasteiger charge is 2.19. The van der Waals surface area contributed by atoms with Gasteiger partial charge in [-0.1, -0.05) is 42.5 Å². The van der Waals surface area contributed by atoms with Crippen LogP contribution in [0.3, 0.4) is 0 Å². The summed E-state index contributed by atoms with van der Waals surface area (Å²) in [5.74, 6) is -0.311. The number of carbonyl (C=O) groups excluding carboxylic acids is 2. The largest absolute Gasteiger partial charge is 0.350 e. The Bertz CT molecular complexity index is 733. The second-order valence-corrected chi connectivity index (χ2v) is 6.05. The molecular weight excluding hydrogens is 300 g/mol. The van der Waals surface area contributed by atoms with E-state index in [1.54, 1.807) is 0 Å². The van der Waals surface area contributed by atoms with E-state index < -0.39 is 0 Å². The lowest BCUT2D eigenvalue weighted by molar-refractivity contribution is -0.123. The summed E-state index contributed by atoms with van der Waals surface area (Å²) in [6.07, 6.45) is 0. The van der Waals surface area contributed by atoms with Crippen molar-refractivity contribution in [1.29, 1.82) is 0 Å². The fraction of sp³-hybridized carbons (Fsp3) is 0.300. The number of rotatable bonds is 5. The normalized spacial score (nSPS) is 10.3. The van der Waals surface area contributed by atoms with Gasteiger partial charge in [0.25, 0.3) is 0 Å². The van der Waals surface area contributed by atoms with Gasteiger partial charge in [-0.15, -0.1) is 0 Å². The lowest BCUT2D eigenvalue weighted by Crippen LogP contribution is -2.40. The smallest absolute Gasteiger partial charge is 0.240 e. The summed E-state index contributed by atoms with van der Waals surface area (Å²) in [5, 5.41) is 2.90. The quantitative estimate of drug-likeness (QED) is 0.917. The van der Waals surface area contributed by atoms with E-state index in [9.17, 15) is 9.59 Å². The number of carbonyl (C=O) groups is 2. The second-order valence-electron chi connectivity index (χ2n) is 6.05. The van der Waals surface area contributed by atoms with Crippen LogP contribution in [0.1, 0.15) is 29.2 Å². The van der Waals surface area contributed by atoms with Crippen LogP contribution in [0.15, 0.2) is 42.5 Å². The van der Waals surface area contributed by atoms with Crippen LogP contribution in [0.5, 0.6) is 0 Å². The molecule has 0 saturated carbocycles. The highest BCUT2D eigenvalue weighted by molar-refractivity contribution is 5.98. The lowest BCUT2D eigenvalue weighted by Gasteiger charge is -2.24. The van der Waals surface area contributed by atoms with E-state index in [-0.39, 0.29) is 18.4 Å². The summed E-state index contributed by atoms with van der Waals surface area (Å²) in [4.78, 5) is 25.9. The van der Waals surface area contributed by atoms with Crippen LogP contribution < -0.4 is 10.2 Å². The zero-order valence-corrected chi connectivity index (χ0v) is 14.7. The molecule has 0 atom stereocenters. The highest BCUT2D eigenvalue weighted by atomic mass is 16.2. The minimum absolute atomic E-state index is 0.0207. The van der Waals surface area contributed by atoms with Crippen molar-refractivity contribution in [2.75, 3.05) is 11.4 Å². The zero-order chi connectivity index (χ0) is 17.7. The first kappa shape index (κ1) is 17.7. The maximum atomic E-state index is 12.3. The summed E-state index contributed by atoms with van der Waals surface area (Å²) in [6, 6.07) is 13.8. The Morgan fingerprint density at radius 3 is 2.08 bits per heavy atom. The Labute approximate surface area is 143 Å². The van der Waals surface area contributed by atoms with Gasteiger partial charge in [0.2, 0.25) is 11.8 Å². The third kappa shape index (κ3) is 4.22. The molecule has 0 aromatic heterocycles. The van der Waals surface area contributed by atoms with Gasteiger partial charge in [0, 0.05) is 13.5 Å². The van der Waals surface area contributed by atoms with Crippen molar-refractivity contribution in [3.63, 3.8) is 0 Å². The van der Waals surface area contributed by atoms with Crippen LogP contribution in [-0.2, 0) is 16.1 Å². The van der Waals surface area contributed by atoms with Crippen LogP contribution in [0, 0.1) is 20.8 Å². The average molecular weight is 324 g/mol. The molecule has 4 nitrogen and oxygen atoms in total. The van der Waals surface area contributed by atoms with Crippen molar-refractivity contribution in [3.05, 3.63) is 64.7 Å². The van der Waals surface area contributed by atoms with Gasteiger partial charge in [0.15, 0.2) is 0 Å². The summed E-state index contributed by atoms with van der Waals surface area (Å²) in [5.41, 5.74) is 4.99. The van der Waals surface area contributed by atoms with E-state index in [4.69, 9.17) is 0 Å². The molecule has 24 heavy (non-hydrogen) atoms. The number of hydrogen-bond acceptors (Lipinski definition) is 2. The van der Waals surface area contributed by atoms with Crippen LogP contribution in [0.4, 0.5) is 5.69 Å². The Morgan fingerprint density at radius 1 is 0.917 bits per heavy atom. The Balaban J connectivity index is 2.10. The molecule has 0 aliphatic heterocycles. The molecular formula is C20H24N2O2. The monoisotopic (exact) mass is 324 g/mol. The maximum Gasteiger partial charge on any atom is 0.240 e. The number of nitrogens with zero attached hydrogens (tertiary/aromatic N) is 1. The fourth-order valence-corrected chi connectivity index (χ4v) is 2.78. The second kappa shape index (κ2) is 7.77. The van der Waals surface area contributed by atoms with Crippen molar-refractivity contribution < 1.29 is 9.59 Å². The molecule has 2 aromatic rings. The molecule has 0 bridgehead atoms. The van der Waals surface area contributed by atoms with Crippen LogP contribution in [0.2, 0.25) is 0 Å². The van der Waals surface area contributed by atoms with Crippen molar-refractivity contribution in [2.45, 2.75) is 34.2 Å². The van der Waals surface area contributed by atoms with Crippen LogP contribution in [0.25, 0.3) is 0 Å². The number of nitrogens with one attached hydrogen (secondary N) is 1. The predicted octanol–water partition coefficient (Wildman–Crippen LogP) is 3.28. The molecule has 2 rings (SSSR count). The molecule has 0 spiro atoms. The average Bonchev–Trinajstić information content (AvgIpc) is 2.52. The number of amides is 2. The first-order valence-electron chi connectivity index (χ1n) is 8.05. The van der Waals surface area contributed by atoms with E-state index in [2.05, 4.69) is 5.32 Å². The van der Waals surface area contributed by atoms with Crippen molar-refractivity contribution in [1.82, 2.24) is 5.32 Å². The van der Waals surface area contributed by atoms with Gasteiger partial charge in [-0.3, -0.25) is 9.59 Å². The summed E-state index contributed by atoms with van der Waals surface area (Å²) in [6.45, 7) is 7.88. The van der Waals surface area contributed by atoms with Crippen molar-refractivity contribution in [3.8, 4) is 0 Å². The highest BCUT2D eigenvalue weighted by Crippen LogP contribution is 2.24. The van der Waals surface area contributed by atoms with E-state index in [0.717, 1.165) is 27.9 Å². The van der Waals surface area contributed by atoms with E-state index in [1.165, 1.54) is 11.8 Å². The maximum absolute atomic E-state index is 12.3. The number of benzene rings is 2. The van der Waals surface area contributed by atoms with Gasteiger partial charge in [0.1, 0.15) is 6.54 Å². The molecule has 126 valence electrons. The molecule has 0 unspecified atom stereocenters. The van der Waals surface area contributed by atoms with Gasteiger partial charge in [0.05, 0.1) is 5.69 Å². The Kier molecular flexibility index (Phi) is 5.74. The zero-order valence-electron chi connectivity index (χ0n) is 14.7. The molecule has 0 radical (unpaired) electrons. The Morgan fingerprint density at radius 2 is 1.50 bits per heavy atom. The van der Waals surface area contributed by atoms with E-state index in [1.807, 2.05) is 63.2 Å². The molecule has 0 heterocycles. The van der Waals surface area contributed by atoms with E-state index in [0.29, 0.717) is 6.54 Å². The molecule has 0 aliphatic carbocycles. The molecule has 2 aromatic carbocycles. The minimum atomic E-state index is -0.170. The molecule has 1 N–H and O–H groups in total.